The predicted octanol–water partition coefficient (Wildman–Crippen LogP) is 3.35. The minimum atomic E-state index is -0.500. The van der Waals surface area contributed by atoms with Crippen LogP contribution in [0, 0.1) is 5.82 Å². The Bertz CT molecular complexity index is 1090. The zero-order valence-corrected chi connectivity index (χ0v) is 17.0. The van der Waals surface area contributed by atoms with Crippen molar-refractivity contribution in [1.82, 2.24) is 14.5 Å². The van der Waals surface area contributed by atoms with Gasteiger partial charge in [0.05, 0.1) is 11.9 Å². The molecular weight excluding hydrogens is 393 g/mol. The zero-order valence-electron chi connectivity index (χ0n) is 16.2. The first-order chi connectivity index (χ1) is 13.9. The van der Waals surface area contributed by atoms with Crippen molar-refractivity contribution >= 4 is 23.2 Å². The van der Waals surface area contributed by atoms with Crippen molar-refractivity contribution in [2.24, 2.45) is 7.05 Å². The Morgan fingerprint density at radius 2 is 1.93 bits per heavy atom. The summed E-state index contributed by atoms with van der Waals surface area (Å²) in [5.74, 6) is 0.0341. The lowest BCUT2D eigenvalue weighted by Gasteiger charge is -2.42. The number of benzene rings is 1. The number of nitrogens with zero attached hydrogens (tertiary/aromatic N) is 5. The molecule has 0 amide bonds. The summed E-state index contributed by atoms with van der Waals surface area (Å²) in [6, 6.07) is 10.8. The van der Waals surface area contributed by atoms with Crippen molar-refractivity contribution in [1.29, 1.82) is 0 Å². The summed E-state index contributed by atoms with van der Waals surface area (Å²) >= 11 is 5.99. The number of anilines is 2. The van der Waals surface area contributed by atoms with Crippen LogP contribution in [0.4, 0.5) is 16.0 Å². The average molecular weight is 414 g/mol. The minimum Gasteiger partial charge on any atom is -0.368 e. The minimum absolute atomic E-state index is 0.107. The number of pyridine rings is 1. The third-order valence-electron chi connectivity index (χ3n) is 5.24. The second-order valence-corrected chi connectivity index (χ2v) is 7.60. The van der Waals surface area contributed by atoms with E-state index in [9.17, 15) is 9.18 Å². The lowest BCUT2D eigenvalue weighted by molar-refractivity contribution is 0.529. The van der Waals surface area contributed by atoms with Crippen LogP contribution in [0.3, 0.4) is 0 Å². The van der Waals surface area contributed by atoms with Crippen LogP contribution in [0.25, 0.3) is 11.3 Å². The van der Waals surface area contributed by atoms with Crippen LogP contribution in [0.1, 0.15) is 6.92 Å². The Morgan fingerprint density at radius 3 is 2.62 bits per heavy atom. The maximum Gasteiger partial charge on any atom is 0.255 e. The molecule has 0 N–H and O–H groups in total. The van der Waals surface area contributed by atoms with E-state index in [2.05, 4.69) is 26.7 Å². The highest BCUT2D eigenvalue weighted by molar-refractivity contribution is 6.30. The molecule has 0 aliphatic carbocycles. The molecule has 1 saturated heterocycles. The first kappa shape index (κ1) is 19.4. The molecule has 1 aliphatic rings. The molecule has 8 heteroatoms. The van der Waals surface area contributed by atoms with E-state index in [1.165, 1.54) is 22.9 Å². The molecule has 1 aliphatic heterocycles. The predicted molar refractivity (Wildman–Crippen MR) is 113 cm³/mol. The molecule has 0 saturated carbocycles. The van der Waals surface area contributed by atoms with E-state index in [0.717, 1.165) is 25.0 Å². The molecule has 0 radical (unpaired) electrons. The van der Waals surface area contributed by atoms with Gasteiger partial charge in [0.2, 0.25) is 5.95 Å². The van der Waals surface area contributed by atoms with E-state index in [0.29, 0.717) is 23.2 Å². The molecule has 2 aromatic heterocycles. The van der Waals surface area contributed by atoms with Crippen LogP contribution in [0.2, 0.25) is 5.02 Å². The number of hydrogen-bond acceptors (Lipinski definition) is 5. The van der Waals surface area contributed by atoms with Gasteiger partial charge in [-0.1, -0.05) is 11.6 Å². The first-order valence-corrected chi connectivity index (χ1v) is 9.77. The molecule has 150 valence electrons. The van der Waals surface area contributed by atoms with E-state index in [1.807, 2.05) is 24.3 Å². The molecule has 6 nitrogen and oxygen atoms in total. The highest BCUT2D eigenvalue weighted by Crippen LogP contribution is 2.26. The number of rotatable bonds is 3. The molecule has 0 bridgehead atoms. The van der Waals surface area contributed by atoms with Gasteiger partial charge in [-0.25, -0.2) is 9.37 Å². The summed E-state index contributed by atoms with van der Waals surface area (Å²) in [7, 11) is 1.69. The van der Waals surface area contributed by atoms with Crippen LogP contribution < -0.4 is 15.4 Å². The molecule has 1 atom stereocenters. The summed E-state index contributed by atoms with van der Waals surface area (Å²) in [5, 5.41) is 0.708. The van der Waals surface area contributed by atoms with Crippen LogP contribution in [0.5, 0.6) is 0 Å². The highest BCUT2D eigenvalue weighted by atomic mass is 35.5. The van der Waals surface area contributed by atoms with E-state index < -0.39 is 5.82 Å². The highest BCUT2D eigenvalue weighted by Gasteiger charge is 2.27. The van der Waals surface area contributed by atoms with E-state index in [4.69, 9.17) is 11.6 Å². The molecule has 1 aromatic carbocycles. The van der Waals surface area contributed by atoms with Crippen molar-refractivity contribution in [3.63, 3.8) is 0 Å². The number of halogens is 2. The van der Waals surface area contributed by atoms with Crippen LogP contribution in [0.15, 0.2) is 53.6 Å². The van der Waals surface area contributed by atoms with Gasteiger partial charge in [0.15, 0.2) is 5.82 Å². The SMILES string of the molecule is CC1CN(c2ccc(Cl)cc2)CCN1c1nc(-c2ccncc2F)cc(=O)n1C. The molecule has 4 rings (SSSR count). The van der Waals surface area contributed by atoms with Gasteiger partial charge < -0.3 is 9.80 Å². The fourth-order valence-corrected chi connectivity index (χ4v) is 3.77. The van der Waals surface area contributed by atoms with Crippen LogP contribution in [-0.4, -0.2) is 40.2 Å². The van der Waals surface area contributed by atoms with Crippen molar-refractivity contribution in [3.05, 3.63) is 70.0 Å². The van der Waals surface area contributed by atoms with Crippen molar-refractivity contribution in [2.45, 2.75) is 13.0 Å². The van der Waals surface area contributed by atoms with Gasteiger partial charge in [-0.05, 0) is 37.3 Å². The first-order valence-electron chi connectivity index (χ1n) is 9.39. The molecule has 3 aromatic rings. The van der Waals surface area contributed by atoms with Crippen LogP contribution in [-0.2, 0) is 7.05 Å². The molecule has 1 fully saturated rings. The average Bonchev–Trinajstić information content (AvgIpc) is 2.71. The molecule has 1 unspecified atom stereocenters. The molecule has 29 heavy (non-hydrogen) atoms. The van der Waals surface area contributed by atoms with Crippen LogP contribution >= 0.6 is 11.6 Å². The smallest absolute Gasteiger partial charge is 0.255 e. The summed E-state index contributed by atoms with van der Waals surface area (Å²) in [6.07, 6.45) is 2.62. The van der Waals surface area contributed by atoms with Crippen molar-refractivity contribution in [3.8, 4) is 11.3 Å². The molecule has 0 spiro atoms. The Kier molecular flexibility index (Phi) is 5.24. The summed E-state index contributed by atoms with van der Waals surface area (Å²) in [5.41, 5.74) is 1.46. The fourth-order valence-electron chi connectivity index (χ4n) is 3.65. The second-order valence-electron chi connectivity index (χ2n) is 7.16. The van der Waals surface area contributed by atoms with Crippen molar-refractivity contribution in [2.75, 3.05) is 29.4 Å². The largest absolute Gasteiger partial charge is 0.368 e. The van der Waals surface area contributed by atoms with Gasteiger partial charge in [-0.15, -0.1) is 0 Å². The monoisotopic (exact) mass is 413 g/mol. The Morgan fingerprint density at radius 1 is 1.17 bits per heavy atom. The van der Waals surface area contributed by atoms with Gasteiger partial charge in [0.1, 0.15) is 0 Å². The van der Waals surface area contributed by atoms with E-state index >= 15 is 0 Å². The second kappa shape index (κ2) is 7.83. The normalized spacial score (nSPS) is 16.9. The summed E-state index contributed by atoms with van der Waals surface area (Å²) in [6.45, 7) is 4.32. The standard InChI is InChI=1S/C21H21ClFN5O/c1-14-13-27(16-5-3-15(22)4-6-16)9-10-28(14)21-25-19(11-20(29)26(21)2)17-7-8-24-12-18(17)23/h3-8,11-12,14H,9-10,13H2,1-2H3. The third kappa shape index (κ3) is 3.82. The zero-order chi connectivity index (χ0) is 20.5. The molecule has 3 heterocycles. The lowest BCUT2D eigenvalue weighted by atomic mass is 10.1. The summed E-state index contributed by atoms with van der Waals surface area (Å²) in [4.78, 5) is 25.3. The Balaban J connectivity index is 1.64. The third-order valence-corrected chi connectivity index (χ3v) is 5.49. The fraction of sp³-hybridized carbons (Fsp3) is 0.286. The van der Waals surface area contributed by atoms with Gasteiger partial charge >= 0.3 is 0 Å². The van der Waals surface area contributed by atoms with Crippen molar-refractivity contribution < 1.29 is 4.39 Å². The number of aromatic nitrogens is 3. The van der Waals surface area contributed by atoms with E-state index in [1.54, 1.807) is 7.05 Å². The Hall–Kier alpha value is -2.93. The lowest BCUT2D eigenvalue weighted by Crippen LogP contribution is -2.53. The maximum atomic E-state index is 14.2. The van der Waals surface area contributed by atoms with Gasteiger partial charge in [0, 0.05) is 61.3 Å². The number of piperazine rings is 1. The number of hydrogen-bond donors (Lipinski definition) is 0. The quantitative estimate of drug-likeness (QED) is 0.659. The van der Waals surface area contributed by atoms with E-state index in [-0.39, 0.29) is 17.2 Å². The Labute approximate surface area is 173 Å². The maximum absolute atomic E-state index is 14.2. The van der Waals surface area contributed by atoms with Gasteiger partial charge in [0.25, 0.3) is 5.56 Å². The van der Waals surface area contributed by atoms with Gasteiger partial charge in [-0.2, -0.15) is 0 Å². The van der Waals surface area contributed by atoms with Gasteiger partial charge in [-0.3, -0.25) is 14.3 Å². The topological polar surface area (TPSA) is 54.3 Å². The molecular formula is C21H21ClFN5O. The summed E-state index contributed by atoms with van der Waals surface area (Å²) < 4.78 is 15.7.